The first-order chi connectivity index (χ1) is 13.0. The summed E-state index contributed by atoms with van der Waals surface area (Å²) >= 11 is 0. The van der Waals surface area contributed by atoms with E-state index in [-0.39, 0.29) is 5.82 Å². The highest BCUT2D eigenvalue weighted by molar-refractivity contribution is 6.09. The molecule has 0 radical (unpaired) electrons. The van der Waals surface area contributed by atoms with Crippen molar-refractivity contribution in [3.63, 3.8) is 0 Å². The second-order valence-corrected chi connectivity index (χ2v) is 6.11. The van der Waals surface area contributed by atoms with E-state index in [9.17, 15) is 10.5 Å². The maximum absolute atomic E-state index is 9.63. The molecule has 0 aliphatic heterocycles. The highest BCUT2D eigenvalue weighted by Gasteiger charge is 2.29. The van der Waals surface area contributed by atoms with Gasteiger partial charge in [-0.2, -0.15) is 10.5 Å². The average molecular weight is 358 g/mol. The van der Waals surface area contributed by atoms with Gasteiger partial charge in [0.15, 0.2) is 0 Å². The first kappa shape index (κ1) is 18.0. The average Bonchev–Trinajstić information content (AvgIpc) is 2.92. The van der Waals surface area contributed by atoms with Crippen molar-refractivity contribution in [2.75, 3.05) is 20.0 Å². The smallest absolute Gasteiger partial charge is 0.142 e. The number of methoxy groups -OCH3 is 2. The molecule has 0 atom stereocenters. The third-order valence-electron chi connectivity index (χ3n) is 4.72. The van der Waals surface area contributed by atoms with E-state index in [4.69, 9.17) is 15.2 Å². The fourth-order valence-corrected chi connectivity index (χ4v) is 3.30. The van der Waals surface area contributed by atoms with Gasteiger partial charge in [0.25, 0.3) is 0 Å². The van der Waals surface area contributed by atoms with Gasteiger partial charge in [0.05, 0.1) is 31.1 Å². The van der Waals surface area contributed by atoms with Crippen molar-refractivity contribution in [2.24, 2.45) is 0 Å². The van der Waals surface area contributed by atoms with Crippen molar-refractivity contribution in [1.29, 1.82) is 10.5 Å². The Hall–Kier alpha value is -3.77. The number of hydrogen-bond donors (Lipinski definition) is 1. The van der Waals surface area contributed by atoms with Gasteiger partial charge >= 0.3 is 0 Å². The number of anilines is 1. The maximum Gasteiger partial charge on any atom is 0.142 e. The van der Waals surface area contributed by atoms with Gasteiger partial charge in [0.1, 0.15) is 29.5 Å². The molecule has 1 aromatic heterocycles. The minimum atomic E-state index is 0.134. The molecule has 0 fully saturated rings. The van der Waals surface area contributed by atoms with Crippen molar-refractivity contribution in [3.8, 4) is 23.6 Å². The van der Waals surface area contributed by atoms with Crippen LogP contribution in [0.3, 0.4) is 0 Å². The van der Waals surface area contributed by atoms with E-state index in [2.05, 4.69) is 17.1 Å². The second-order valence-electron chi connectivity index (χ2n) is 6.11. The summed E-state index contributed by atoms with van der Waals surface area (Å²) < 4.78 is 10.8. The van der Waals surface area contributed by atoms with E-state index in [0.29, 0.717) is 33.9 Å². The number of allylic oxidation sites excluding steroid dienone is 3. The van der Waals surface area contributed by atoms with Crippen LogP contribution in [-0.4, -0.2) is 19.2 Å². The summed E-state index contributed by atoms with van der Waals surface area (Å²) in [5.41, 5.74) is 11.1. The number of nitriles is 2. The molecule has 0 unspecified atom stereocenters. The number of nitrogens with zero attached hydrogens (tertiary/aromatic N) is 3. The van der Waals surface area contributed by atoms with E-state index in [1.165, 1.54) is 0 Å². The highest BCUT2D eigenvalue weighted by Crippen LogP contribution is 2.44. The number of aromatic nitrogens is 1. The third-order valence-corrected chi connectivity index (χ3v) is 4.72. The topological polar surface area (TPSA) is 105 Å². The van der Waals surface area contributed by atoms with Gasteiger partial charge in [-0.15, -0.1) is 0 Å². The maximum atomic E-state index is 9.63. The van der Waals surface area contributed by atoms with Crippen LogP contribution >= 0.6 is 0 Å². The minimum Gasteiger partial charge on any atom is -0.497 e. The number of nitrogens with two attached hydrogens (primary N) is 1. The second kappa shape index (κ2) is 6.86. The predicted molar refractivity (Wildman–Crippen MR) is 104 cm³/mol. The zero-order chi connectivity index (χ0) is 19.7. The molecule has 0 bridgehead atoms. The molecule has 1 aliphatic carbocycles. The van der Waals surface area contributed by atoms with Crippen molar-refractivity contribution in [1.82, 2.24) is 4.98 Å². The van der Waals surface area contributed by atoms with Crippen molar-refractivity contribution < 1.29 is 9.47 Å². The lowest BCUT2D eigenvalue weighted by Gasteiger charge is -2.12. The number of ether oxygens (including phenoxy) is 2. The molecule has 1 heterocycles. The molecule has 0 saturated heterocycles. The lowest BCUT2D eigenvalue weighted by atomic mass is 9.95. The molecule has 1 aromatic carbocycles. The molecular weight excluding hydrogens is 340 g/mol. The van der Waals surface area contributed by atoms with E-state index >= 15 is 0 Å². The van der Waals surface area contributed by atoms with Crippen LogP contribution in [-0.2, 0) is 0 Å². The Morgan fingerprint density at radius 3 is 2.44 bits per heavy atom. The Kier molecular flexibility index (Phi) is 4.58. The fourth-order valence-electron chi connectivity index (χ4n) is 3.30. The van der Waals surface area contributed by atoms with Crippen molar-refractivity contribution in [3.05, 3.63) is 51.7 Å². The highest BCUT2D eigenvalue weighted by atomic mass is 16.5. The first-order valence-electron chi connectivity index (χ1n) is 8.22. The molecule has 134 valence electrons. The first-order valence-corrected chi connectivity index (χ1v) is 8.22. The lowest BCUT2D eigenvalue weighted by molar-refractivity contribution is 0.402. The number of rotatable bonds is 3. The molecule has 2 aromatic rings. The van der Waals surface area contributed by atoms with E-state index in [0.717, 1.165) is 22.3 Å². The van der Waals surface area contributed by atoms with Crippen LogP contribution < -0.4 is 15.2 Å². The quantitative estimate of drug-likeness (QED) is 0.896. The van der Waals surface area contributed by atoms with Crippen molar-refractivity contribution >= 4 is 23.0 Å². The Morgan fingerprint density at radius 1 is 1.11 bits per heavy atom. The summed E-state index contributed by atoms with van der Waals surface area (Å²) in [7, 11) is 3.19. The molecule has 0 saturated carbocycles. The molecule has 0 spiro atoms. The van der Waals surface area contributed by atoms with Gasteiger partial charge in [0.2, 0.25) is 0 Å². The molecule has 6 nitrogen and oxygen atoms in total. The molecular formula is C21H18N4O2. The summed E-state index contributed by atoms with van der Waals surface area (Å²) in [6.45, 7) is 3.68. The van der Waals surface area contributed by atoms with Crippen LogP contribution in [0.1, 0.15) is 34.9 Å². The standard InChI is InChI=1S/C21H18N4O2/c1-11-15(8-13-7-14(26-3)5-6-18(13)27-4)19-12(2)17(10-23)21(24)25-20(19)16(11)9-22/h5-8H,1-4H3,(H2,24,25). The predicted octanol–water partition coefficient (Wildman–Crippen LogP) is 3.71. The molecule has 2 N–H and O–H groups in total. The molecule has 1 aliphatic rings. The Bertz CT molecular complexity index is 1100. The third kappa shape index (κ3) is 2.78. The van der Waals surface area contributed by atoms with Crippen LogP contribution in [0.15, 0.2) is 23.8 Å². The summed E-state index contributed by atoms with van der Waals surface area (Å²) in [6, 6.07) is 9.80. The summed E-state index contributed by atoms with van der Waals surface area (Å²) in [4.78, 5) is 4.33. The van der Waals surface area contributed by atoms with E-state index in [1.807, 2.05) is 38.1 Å². The largest absolute Gasteiger partial charge is 0.497 e. The Morgan fingerprint density at radius 2 is 1.85 bits per heavy atom. The summed E-state index contributed by atoms with van der Waals surface area (Å²) in [5, 5.41) is 19.1. The van der Waals surface area contributed by atoms with Gasteiger partial charge in [-0.25, -0.2) is 4.98 Å². The van der Waals surface area contributed by atoms with E-state index in [1.54, 1.807) is 14.2 Å². The Labute approximate surface area is 157 Å². The van der Waals surface area contributed by atoms with Crippen LogP contribution in [0.4, 0.5) is 5.82 Å². The zero-order valence-electron chi connectivity index (χ0n) is 15.5. The number of fused-ring (bicyclic) bond motifs is 1. The fraction of sp³-hybridized carbons (Fsp3) is 0.190. The Balaban J connectivity index is 2.34. The minimum absolute atomic E-state index is 0.134. The SMILES string of the molecule is COc1ccc(OC)c(C=C2C(C)=C(C#N)c3nc(N)c(C#N)c(C)c32)c1. The van der Waals surface area contributed by atoms with Crippen LogP contribution in [0.2, 0.25) is 0 Å². The van der Waals surface area contributed by atoms with Gasteiger partial charge in [-0.05, 0) is 54.8 Å². The van der Waals surface area contributed by atoms with E-state index < -0.39 is 0 Å². The normalized spacial score (nSPS) is 13.9. The van der Waals surface area contributed by atoms with Crippen molar-refractivity contribution in [2.45, 2.75) is 13.8 Å². The van der Waals surface area contributed by atoms with Crippen LogP contribution in [0.25, 0.3) is 17.2 Å². The van der Waals surface area contributed by atoms with Crippen LogP contribution in [0, 0.1) is 29.6 Å². The molecule has 3 rings (SSSR count). The lowest BCUT2D eigenvalue weighted by Crippen LogP contribution is -2.03. The van der Waals surface area contributed by atoms with Gasteiger partial charge in [0, 0.05) is 11.1 Å². The summed E-state index contributed by atoms with van der Waals surface area (Å²) in [5.74, 6) is 1.49. The molecule has 0 amide bonds. The van der Waals surface area contributed by atoms with Gasteiger partial charge < -0.3 is 15.2 Å². The molecule has 6 heteroatoms. The number of pyridine rings is 1. The van der Waals surface area contributed by atoms with Crippen LogP contribution in [0.5, 0.6) is 11.5 Å². The number of hydrogen-bond acceptors (Lipinski definition) is 6. The summed E-state index contributed by atoms with van der Waals surface area (Å²) in [6.07, 6.45) is 1.92. The zero-order valence-corrected chi connectivity index (χ0v) is 15.5. The number of benzene rings is 1. The number of nitrogen functional groups attached to an aromatic ring is 1. The molecule has 27 heavy (non-hydrogen) atoms. The monoisotopic (exact) mass is 358 g/mol. The van der Waals surface area contributed by atoms with Gasteiger partial charge in [-0.1, -0.05) is 0 Å². The van der Waals surface area contributed by atoms with Gasteiger partial charge in [-0.3, -0.25) is 0 Å².